The molecule has 20 heavy (non-hydrogen) atoms. The summed E-state index contributed by atoms with van der Waals surface area (Å²) in [7, 11) is 0. The minimum Gasteiger partial charge on any atom is -0.368 e. The number of hydrogen-bond acceptors (Lipinski definition) is 3. The molecule has 1 heterocycles. The number of rotatable bonds is 4. The van der Waals surface area contributed by atoms with Crippen LogP contribution in [-0.2, 0) is 0 Å². The largest absolute Gasteiger partial charge is 0.368 e. The minimum absolute atomic E-state index is 0.901. The van der Waals surface area contributed by atoms with Crippen LogP contribution < -0.4 is 5.32 Å². The highest BCUT2D eigenvalue weighted by atomic mass is 15.2. The molecular formula is C17H23N3. The second-order valence-electron chi connectivity index (χ2n) is 5.39. The van der Waals surface area contributed by atoms with Gasteiger partial charge in [0.15, 0.2) is 5.82 Å². The first-order valence-electron chi connectivity index (χ1n) is 7.20. The Labute approximate surface area is 121 Å². The van der Waals surface area contributed by atoms with Gasteiger partial charge in [0.2, 0.25) is 0 Å². The molecule has 0 aliphatic rings. The summed E-state index contributed by atoms with van der Waals surface area (Å²) in [5, 5.41) is 12.1. The second-order valence-corrected chi connectivity index (χ2v) is 5.39. The van der Waals surface area contributed by atoms with Crippen LogP contribution in [0.3, 0.4) is 0 Å². The highest BCUT2D eigenvalue weighted by molar-refractivity contribution is 5.69. The molecule has 0 fully saturated rings. The first-order chi connectivity index (χ1) is 9.54. The van der Waals surface area contributed by atoms with E-state index < -0.39 is 0 Å². The van der Waals surface area contributed by atoms with E-state index in [1.54, 1.807) is 0 Å². The third kappa shape index (κ3) is 2.82. The fourth-order valence-electron chi connectivity index (χ4n) is 2.26. The summed E-state index contributed by atoms with van der Waals surface area (Å²) in [6, 6.07) is 6.46. The summed E-state index contributed by atoms with van der Waals surface area (Å²) in [6.45, 7) is 11.5. The Morgan fingerprint density at radius 2 is 1.75 bits per heavy atom. The lowest BCUT2D eigenvalue weighted by molar-refractivity contribution is 0.932. The number of nitrogens with one attached hydrogen (secondary N) is 1. The van der Waals surface area contributed by atoms with E-state index in [0.717, 1.165) is 24.5 Å². The van der Waals surface area contributed by atoms with Gasteiger partial charge in [-0.1, -0.05) is 24.6 Å². The van der Waals surface area contributed by atoms with Crippen molar-refractivity contribution in [2.75, 3.05) is 11.9 Å². The highest BCUT2D eigenvalue weighted by Crippen LogP contribution is 2.28. The molecule has 0 saturated heterocycles. The Kier molecular flexibility index (Phi) is 4.38. The van der Waals surface area contributed by atoms with Crippen LogP contribution in [0.5, 0.6) is 0 Å². The molecule has 0 atom stereocenters. The Morgan fingerprint density at radius 1 is 1.00 bits per heavy atom. The van der Waals surface area contributed by atoms with E-state index >= 15 is 0 Å². The summed E-state index contributed by atoms with van der Waals surface area (Å²) < 4.78 is 0. The first-order valence-corrected chi connectivity index (χ1v) is 7.20. The molecule has 3 nitrogen and oxygen atoms in total. The molecule has 0 aliphatic heterocycles. The van der Waals surface area contributed by atoms with E-state index in [1.807, 2.05) is 0 Å². The van der Waals surface area contributed by atoms with Crippen LogP contribution in [0.4, 0.5) is 5.82 Å². The zero-order valence-corrected chi connectivity index (χ0v) is 13.0. The quantitative estimate of drug-likeness (QED) is 0.904. The summed E-state index contributed by atoms with van der Waals surface area (Å²) >= 11 is 0. The Hall–Kier alpha value is -1.90. The third-order valence-corrected chi connectivity index (χ3v) is 3.71. The van der Waals surface area contributed by atoms with E-state index in [2.05, 4.69) is 68.3 Å². The van der Waals surface area contributed by atoms with Gasteiger partial charge < -0.3 is 5.32 Å². The lowest BCUT2D eigenvalue weighted by atomic mass is 9.98. The zero-order valence-electron chi connectivity index (χ0n) is 13.0. The van der Waals surface area contributed by atoms with Crippen molar-refractivity contribution in [1.82, 2.24) is 10.2 Å². The molecule has 0 saturated carbocycles. The smallest absolute Gasteiger partial charge is 0.151 e. The molecule has 0 aliphatic carbocycles. The predicted octanol–water partition coefficient (Wildman–Crippen LogP) is 4.20. The maximum atomic E-state index is 4.45. The average Bonchev–Trinajstić information content (AvgIpc) is 2.43. The van der Waals surface area contributed by atoms with Gasteiger partial charge in [0.25, 0.3) is 0 Å². The lowest BCUT2D eigenvalue weighted by Crippen LogP contribution is -2.07. The van der Waals surface area contributed by atoms with E-state index in [0.29, 0.717) is 0 Å². The molecule has 0 unspecified atom stereocenters. The van der Waals surface area contributed by atoms with Gasteiger partial charge in [0, 0.05) is 12.1 Å². The van der Waals surface area contributed by atoms with Crippen molar-refractivity contribution < 1.29 is 0 Å². The van der Waals surface area contributed by atoms with Gasteiger partial charge in [0.05, 0.1) is 5.69 Å². The monoisotopic (exact) mass is 269 g/mol. The van der Waals surface area contributed by atoms with Crippen LogP contribution in [0.25, 0.3) is 11.3 Å². The second kappa shape index (κ2) is 6.04. The van der Waals surface area contributed by atoms with Crippen LogP contribution in [0.15, 0.2) is 18.2 Å². The number of nitrogens with zero attached hydrogens (tertiary/aromatic N) is 2. The number of anilines is 1. The summed E-state index contributed by atoms with van der Waals surface area (Å²) in [4.78, 5) is 0. The molecular weight excluding hydrogens is 246 g/mol. The van der Waals surface area contributed by atoms with Crippen molar-refractivity contribution in [2.24, 2.45) is 0 Å². The minimum atomic E-state index is 0.901. The molecule has 0 radical (unpaired) electrons. The topological polar surface area (TPSA) is 37.8 Å². The fourth-order valence-corrected chi connectivity index (χ4v) is 2.26. The van der Waals surface area contributed by atoms with Crippen molar-refractivity contribution in [3.63, 3.8) is 0 Å². The molecule has 2 rings (SSSR count). The standard InChI is InChI=1S/C17H23N3/c1-6-9-18-17-14(5)13(4)16(19-20-17)15-10-11(2)7-8-12(15)3/h7-8,10H,6,9H2,1-5H3,(H,18,20). The maximum Gasteiger partial charge on any atom is 0.151 e. The summed E-state index contributed by atoms with van der Waals surface area (Å²) in [5.41, 5.74) is 7.04. The van der Waals surface area contributed by atoms with Gasteiger partial charge in [-0.15, -0.1) is 10.2 Å². The molecule has 0 bridgehead atoms. The van der Waals surface area contributed by atoms with Crippen molar-refractivity contribution in [2.45, 2.75) is 41.0 Å². The Bertz CT molecular complexity index is 618. The number of benzene rings is 1. The average molecular weight is 269 g/mol. The van der Waals surface area contributed by atoms with Crippen LogP contribution in [-0.4, -0.2) is 16.7 Å². The molecule has 0 amide bonds. The SMILES string of the molecule is CCCNc1nnc(-c2cc(C)ccc2C)c(C)c1C. The number of aryl methyl sites for hydroxylation is 2. The van der Waals surface area contributed by atoms with Crippen LogP contribution in [0.2, 0.25) is 0 Å². The molecule has 1 N–H and O–H groups in total. The van der Waals surface area contributed by atoms with Crippen molar-refractivity contribution in [3.05, 3.63) is 40.5 Å². The zero-order chi connectivity index (χ0) is 14.7. The normalized spacial score (nSPS) is 10.7. The molecule has 3 heteroatoms. The maximum absolute atomic E-state index is 4.45. The van der Waals surface area contributed by atoms with Gasteiger partial charge in [0.1, 0.15) is 0 Å². The van der Waals surface area contributed by atoms with Crippen LogP contribution in [0.1, 0.15) is 35.6 Å². The Balaban J connectivity index is 2.48. The molecule has 1 aromatic heterocycles. The van der Waals surface area contributed by atoms with Gasteiger partial charge in [-0.05, 0) is 56.9 Å². The van der Waals surface area contributed by atoms with Crippen molar-refractivity contribution in [1.29, 1.82) is 0 Å². The molecule has 2 aromatic rings. The summed E-state index contributed by atoms with van der Waals surface area (Å²) in [5.74, 6) is 0.901. The van der Waals surface area contributed by atoms with Gasteiger partial charge >= 0.3 is 0 Å². The van der Waals surface area contributed by atoms with E-state index in [-0.39, 0.29) is 0 Å². The van der Waals surface area contributed by atoms with Crippen molar-refractivity contribution in [3.8, 4) is 11.3 Å². The predicted molar refractivity (Wildman–Crippen MR) is 85.2 cm³/mol. The van der Waals surface area contributed by atoms with E-state index in [1.165, 1.54) is 27.8 Å². The third-order valence-electron chi connectivity index (χ3n) is 3.71. The molecule has 1 aromatic carbocycles. The van der Waals surface area contributed by atoms with Crippen LogP contribution in [0, 0.1) is 27.7 Å². The number of hydrogen-bond donors (Lipinski definition) is 1. The van der Waals surface area contributed by atoms with Gasteiger partial charge in [-0.3, -0.25) is 0 Å². The summed E-state index contributed by atoms with van der Waals surface area (Å²) in [6.07, 6.45) is 1.08. The molecule has 106 valence electrons. The highest BCUT2D eigenvalue weighted by Gasteiger charge is 2.12. The lowest BCUT2D eigenvalue weighted by Gasteiger charge is -2.14. The van der Waals surface area contributed by atoms with Gasteiger partial charge in [-0.25, -0.2) is 0 Å². The molecule has 0 spiro atoms. The number of aromatic nitrogens is 2. The fraction of sp³-hybridized carbons (Fsp3) is 0.412. The Morgan fingerprint density at radius 3 is 2.45 bits per heavy atom. The van der Waals surface area contributed by atoms with Gasteiger partial charge in [-0.2, -0.15) is 0 Å². The van der Waals surface area contributed by atoms with Crippen molar-refractivity contribution >= 4 is 5.82 Å². The van der Waals surface area contributed by atoms with E-state index in [4.69, 9.17) is 0 Å². The van der Waals surface area contributed by atoms with E-state index in [9.17, 15) is 0 Å². The first kappa shape index (κ1) is 14.5. The van der Waals surface area contributed by atoms with Crippen LogP contribution >= 0.6 is 0 Å².